The van der Waals surface area contributed by atoms with E-state index in [4.69, 9.17) is 10.1 Å². The normalized spacial score (nSPS) is 16.9. The summed E-state index contributed by atoms with van der Waals surface area (Å²) in [6, 6.07) is 5.11. The van der Waals surface area contributed by atoms with Crippen LogP contribution >= 0.6 is 11.3 Å². The summed E-state index contributed by atoms with van der Waals surface area (Å²) in [6.45, 7) is 8.79. The van der Waals surface area contributed by atoms with Crippen LogP contribution in [0, 0.1) is 0 Å². The molecule has 0 aliphatic heterocycles. The lowest BCUT2D eigenvalue weighted by atomic mass is 9.91. The number of hydrogen-bond acceptors (Lipinski definition) is 5. The summed E-state index contributed by atoms with van der Waals surface area (Å²) < 4.78 is 1.99. The number of aryl methyl sites for hydroxylation is 1. The molecule has 2 N–H and O–H groups in total. The molecule has 1 fully saturated rings. The van der Waals surface area contributed by atoms with Gasteiger partial charge in [-0.2, -0.15) is 5.10 Å². The van der Waals surface area contributed by atoms with E-state index in [0.29, 0.717) is 6.04 Å². The minimum atomic E-state index is -0.142. The van der Waals surface area contributed by atoms with Crippen molar-refractivity contribution in [1.82, 2.24) is 4.68 Å². The van der Waals surface area contributed by atoms with E-state index in [-0.39, 0.29) is 16.9 Å². The molecule has 0 atom stereocenters. The van der Waals surface area contributed by atoms with E-state index in [2.05, 4.69) is 27.7 Å². The van der Waals surface area contributed by atoms with Gasteiger partial charge in [0.05, 0.1) is 18.0 Å². The van der Waals surface area contributed by atoms with E-state index in [1.54, 1.807) is 23.6 Å². The summed E-state index contributed by atoms with van der Waals surface area (Å²) in [4.78, 5) is 7.35. The third-order valence-corrected chi connectivity index (χ3v) is 6.28. The van der Waals surface area contributed by atoms with Crippen LogP contribution in [0.2, 0.25) is 0 Å². The number of phenolic OH excluding ortho intramolecular Hbond substituents is 2. The van der Waals surface area contributed by atoms with Crippen LogP contribution in [0.1, 0.15) is 75.9 Å². The van der Waals surface area contributed by atoms with Gasteiger partial charge < -0.3 is 10.2 Å². The van der Waals surface area contributed by atoms with Gasteiger partial charge in [0, 0.05) is 10.3 Å². The minimum absolute atomic E-state index is 0.0589. The Morgan fingerprint density at radius 1 is 1.14 bits per heavy atom. The minimum Gasteiger partial charge on any atom is -0.504 e. The molecule has 0 radical (unpaired) electrons. The van der Waals surface area contributed by atoms with Crippen molar-refractivity contribution in [3.05, 3.63) is 39.1 Å². The molecule has 1 aliphatic rings. The monoisotopic (exact) mass is 401 g/mol. The summed E-state index contributed by atoms with van der Waals surface area (Å²) in [7, 11) is 0. The van der Waals surface area contributed by atoms with Crippen LogP contribution in [0.25, 0.3) is 0 Å². The topological polar surface area (TPSA) is 70.1 Å². The van der Waals surface area contributed by atoms with Crippen LogP contribution in [0.3, 0.4) is 0 Å². The summed E-state index contributed by atoms with van der Waals surface area (Å²) in [5, 5.41) is 24.1. The van der Waals surface area contributed by atoms with Gasteiger partial charge in [0.15, 0.2) is 11.5 Å². The van der Waals surface area contributed by atoms with Crippen molar-refractivity contribution in [3.8, 4) is 11.5 Å². The molecule has 1 saturated carbocycles. The standard InChI is InChI=1S/C22H31N3O2S/c1-5-19-20(22(2,3)4)25(21(28-19)24-16-9-7-6-8-10-16)23-14-15-11-12-17(26)18(27)13-15/h11-14,16,26-27H,5-10H2,1-4H3/b23-14+,24-21?. The Labute approximate surface area is 171 Å². The molecule has 1 aromatic carbocycles. The molecular formula is C22H31N3O2S. The quantitative estimate of drug-likeness (QED) is 0.563. The average Bonchev–Trinajstić information content (AvgIpc) is 3.01. The van der Waals surface area contributed by atoms with Gasteiger partial charge in [-0.05, 0) is 43.0 Å². The van der Waals surface area contributed by atoms with Gasteiger partial charge in [0.1, 0.15) is 0 Å². The molecule has 6 heteroatoms. The largest absolute Gasteiger partial charge is 0.504 e. The maximum atomic E-state index is 9.76. The Morgan fingerprint density at radius 3 is 2.46 bits per heavy atom. The zero-order chi connectivity index (χ0) is 20.3. The highest BCUT2D eigenvalue weighted by Crippen LogP contribution is 2.29. The van der Waals surface area contributed by atoms with Gasteiger partial charge in [-0.3, -0.25) is 4.99 Å². The Morgan fingerprint density at radius 2 is 1.86 bits per heavy atom. The summed E-state index contributed by atoms with van der Waals surface area (Å²) >= 11 is 1.74. The predicted molar refractivity (Wildman–Crippen MR) is 116 cm³/mol. The number of benzene rings is 1. The second-order valence-corrected chi connectivity index (χ2v) is 9.55. The zero-order valence-corrected chi connectivity index (χ0v) is 18.1. The molecule has 28 heavy (non-hydrogen) atoms. The number of nitrogens with zero attached hydrogens (tertiary/aromatic N) is 3. The second-order valence-electron chi connectivity index (χ2n) is 8.49. The van der Waals surface area contributed by atoms with Gasteiger partial charge in [0.2, 0.25) is 4.80 Å². The smallest absolute Gasteiger partial charge is 0.206 e. The lowest BCUT2D eigenvalue weighted by molar-refractivity contribution is 0.403. The van der Waals surface area contributed by atoms with Crippen molar-refractivity contribution in [2.24, 2.45) is 10.1 Å². The van der Waals surface area contributed by atoms with Gasteiger partial charge in [0.25, 0.3) is 0 Å². The van der Waals surface area contributed by atoms with Crippen LogP contribution in [0.4, 0.5) is 0 Å². The predicted octanol–water partition coefficient (Wildman–Crippen LogP) is 4.94. The Kier molecular flexibility index (Phi) is 6.28. The molecule has 0 bridgehead atoms. The molecule has 152 valence electrons. The van der Waals surface area contributed by atoms with E-state index in [9.17, 15) is 10.2 Å². The maximum absolute atomic E-state index is 9.76. The first-order chi connectivity index (χ1) is 13.3. The van der Waals surface area contributed by atoms with Crippen LogP contribution in [0.15, 0.2) is 28.3 Å². The summed E-state index contributed by atoms with van der Waals surface area (Å²) in [5.41, 5.74) is 1.86. The molecule has 3 rings (SSSR count). The third-order valence-electron chi connectivity index (χ3n) is 5.09. The number of hydrogen-bond donors (Lipinski definition) is 2. The molecule has 1 aromatic heterocycles. The lowest BCUT2D eigenvalue weighted by Gasteiger charge is -2.21. The average molecular weight is 402 g/mol. The van der Waals surface area contributed by atoms with Crippen LogP contribution in [-0.4, -0.2) is 27.1 Å². The first kappa shape index (κ1) is 20.6. The Hall–Kier alpha value is -2.08. The van der Waals surface area contributed by atoms with Gasteiger partial charge >= 0.3 is 0 Å². The fourth-order valence-corrected chi connectivity index (χ4v) is 4.97. The molecule has 2 aromatic rings. The van der Waals surface area contributed by atoms with E-state index in [1.165, 1.54) is 42.0 Å². The van der Waals surface area contributed by atoms with Gasteiger partial charge in [-0.1, -0.05) is 58.3 Å². The molecule has 5 nitrogen and oxygen atoms in total. The maximum Gasteiger partial charge on any atom is 0.206 e. The van der Waals surface area contributed by atoms with Crippen LogP contribution < -0.4 is 4.80 Å². The van der Waals surface area contributed by atoms with Crippen molar-refractivity contribution in [1.29, 1.82) is 0 Å². The van der Waals surface area contributed by atoms with Crippen molar-refractivity contribution >= 4 is 17.6 Å². The fourth-order valence-electron chi connectivity index (χ4n) is 3.69. The number of phenols is 2. The van der Waals surface area contributed by atoms with Crippen molar-refractivity contribution in [2.45, 2.75) is 77.7 Å². The Bertz CT molecular complexity index is 913. The lowest BCUT2D eigenvalue weighted by Crippen LogP contribution is -2.24. The highest BCUT2D eigenvalue weighted by Gasteiger charge is 2.25. The zero-order valence-electron chi connectivity index (χ0n) is 17.3. The highest BCUT2D eigenvalue weighted by molar-refractivity contribution is 7.09. The fraction of sp³-hybridized carbons (Fsp3) is 0.545. The number of aromatic hydroxyl groups is 2. The molecule has 0 saturated heterocycles. The molecule has 0 unspecified atom stereocenters. The van der Waals surface area contributed by atoms with Gasteiger partial charge in [-0.15, -0.1) is 0 Å². The van der Waals surface area contributed by atoms with E-state index >= 15 is 0 Å². The first-order valence-corrected chi connectivity index (χ1v) is 11.0. The summed E-state index contributed by atoms with van der Waals surface area (Å²) in [5.74, 6) is -0.270. The van der Waals surface area contributed by atoms with Crippen LogP contribution in [-0.2, 0) is 11.8 Å². The van der Waals surface area contributed by atoms with Crippen molar-refractivity contribution in [2.75, 3.05) is 0 Å². The van der Waals surface area contributed by atoms with Crippen molar-refractivity contribution in [3.63, 3.8) is 0 Å². The Balaban J connectivity index is 2.09. The number of aromatic nitrogens is 1. The SMILES string of the molecule is CCc1sc(=NC2CCCCC2)n(/N=C/c2ccc(O)c(O)c2)c1C(C)(C)C. The molecule has 0 amide bonds. The van der Waals surface area contributed by atoms with E-state index in [0.717, 1.165) is 29.6 Å². The number of rotatable bonds is 4. The highest BCUT2D eigenvalue weighted by atomic mass is 32.1. The van der Waals surface area contributed by atoms with E-state index in [1.807, 2.05) is 4.68 Å². The molecule has 1 aliphatic carbocycles. The first-order valence-electron chi connectivity index (χ1n) is 10.1. The van der Waals surface area contributed by atoms with Crippen LogP contribution in [0.5, 0.6) is 11.5 Å². The molecule has 0 spiro atoms. The van der Waals surface area contributed by atoms with E-state index < -0.39 is 0 Å². The third kappa shape index (κ3) is 4.66. The number of thiazole rings is 1. The van der Waals surface area contributed by atoms with Gasteiger partial charge in [-0.25, -0.2) is 4.68 Å². The van der Waals surface area contributed by atoms with Crippen molar-refractivity contribution < 1.29 is 10.2 Å². The second kappa shape index (κ2) is 8.52. The molecular weight excluding hydrogens is 370 g/mol. The molecule has 1 heterocycles. The summed E-state index contributed by atoms with van der Waals surface area (Å²) in [6.07, 6.45) is 8.80.